The lowest BCUT2D eigenvalue weighted by molar-refractivity contribution is -0.132. The summed E-state index contributed by atoms with van der Waals surface area (Å²) in [4.78, 5) is 14.1. The molecule has 0 atom stereocenters. The Labute approximate surface area is 150 Å². The molecule has 6 nitrogen and oxygen atoms in total. The van der Waals surface area contributed by atoms with E-state index in [2.05, 4.69) is 5.32 Å². The van der Waals surface area contributed by atoms with Crippen LogP contribution in [-0.4, -0.2) is 63.3 Å². The summed E-state index contributed by atoms with van der Waals surface area (Å²) in [5.74, 6) is 0.0723. The molecule has 1 aliphatic heterocycles. The Morgan fingerprint density at radius 1 is 1.17 bits per heavy atom. The van der Waals surface area contributed by atoms with E-state index >= 15 is 0 Å². The third-order valence-electron chi connectivity index (χ3n) is 4.14. The predicted octanol–water partition coefficient (Wildman–Crippen LogP) is 1.17. The SMILES string of the molecule is CNCCC(=O)N1CCN(S(=O)(=O)c2cc(C)ccc2C)CC1.Cl. The number of nitrogens with one attached hydrogen (secondary N) is 1. The van der Waals surface area contributed by atoms with Crippen LogP contribution in [0.2, 0.25) is 0 Å². The van der Waals surface area contributed by atoms with E-state index in [0.717, 1.165) is 11.1 Å². The molecule has 1 N–H and O–H groups in total. The Bertz CT molecular complexity index is 671. The Morgan fingerprint density at radius 2 is 1.79 bits per heavy atom. The summed E-state index contributed by atoms with van der Waals surface area (Å²) in [6.45, 7) is 5.93. The van der Waals surface area contributed by atoms with Crippen LogP contribution in [0.1, 0.15) is 17.5 Å². The maximum Gasteiger partial charge on any atom is 0.243 e. The summed E-state index contributed by atoms with van der Waals surface area (Å²) in [5, 5.41) is 2.95. The van der Waals surface area contributed by atoms with Gasteiger partial charge < -0.3 is 10.2 Å². The molecule has 0 spiro atoms. The van der Waals surface area contributed by atoms with Crippen LogP contribution in [0.4, 0.5) is 0 Å². The van der Waals surface area contributed by atoms with Gasteiger partial charge in [-0.1, -0.05) is 12.1 Å². The molecular weight excluding hydrogens is 350 g/mol. The Balaban J connectivity index is 0.00000288. The van der Waals surface area contributed by atoms with E-state index in [-0.39, 0.29) is 18.3 Å². The third kappa shape index (κ3) is 4.69. The second-order valence-electron chi connectivity index (χ2n) is 5.91. The summed E-state index contributed by atoms with van der Waals surface area (Å²) in [6, 6.07) is 5.46. The molecule has 0 saturated carbocycles. The molecule has 1 amide bonds. The minimum atomic E-state index is -3.50. The minimum absolute atomic E-state index is 0. The second-order valence-corrected chi connectivity index (χ2v) is 7.81. The molecule has 136 valence electrons. The van der Waals surface area contributed by atoms with Gasteiger partial charge in [-0.25, -0.2) is 8.42 Å². The summed E-state index contributed by atoms with van der Waals surface area (Å²) in [7, 11) is -1.69. The van der Waals surface area contributed by atoms with Crippen LogP contribution >= 0.6 is 12.4 Å². The van der Waals surface area contributed by atoms with Crippen molar-refractivity contribution in [1.29, 1.82) is 0 Å². The molecule has 0 bridgehead atoms. The molecule has 2 rings (SSSR count). The fourth-order valence-electron chi connectivity index (χ4n) is 2.69. The largest absolute Gasteiger partial charge is 0.340 e. The van der Waals surface area contributed by atoms with E-state index in [0.29, 0.717) is 44.0 Å². The monoisotopic (exact) mass is 375 g/mol. The van der Waals surface area contributed by atoms with Gasteiger partial charge in [-0.3, -0.25) is 4.79 Å². The summed E-state index contributed by atoms with van der Waals surface area (Å²) in [5.41, 5.74) is 1.68. The first-order valence-electron chi connectivity index (χ1n) is 7.86. The van der Waals surface area contributed by atoms with Crippen molar-refractivity contribution in [3.63, 3.8) is 0 Å². The van der Waals surface area contributed by atoms with Gasteiger partial charge in [-0.2, -0.15) is 4.31 Å². The highest BCUT2D eigenvalue weighted by molar-refractivity contribution is 7.89. The fourth-order valence-corrected chi connectivity index (χ4v) is 4.42. The van der Waals surface area contributed by atoms with Crippen molar-refractivity contribution in [2.75, 3.05) is 39.8 Å². The predicted molar refractivity (Wildman–Crippen MR) is 97.0 cm³/mol. The van der Waals surface area contributed by atoms with Gasteiger partial charge in [0.1, 0.15) is 0 Å². The first-order chi connectivity index (χ1) is 10.9. The average molecular weight is 376 g/mol. The number of hydrogen-bond acceptors (Lipinski definition) is 4. The van der Waals surface area contributed by atoms with E-state index in [9.17, 15) is 13.2 Å². The van der Waals surface area contributed by atoms with Crippen molar-refractivity contribution in [3.8, 4) is 0 Å². The molecule has 1 saturated heterocycles. The topological polar surface area (TPSA) is 69.7 Å². The Hall–Kier alpha value is -1.15. The molecule has 8 heteroatoms. The van der Waals surface area contributed by atoms with E-state index in [4.69, 9.17) is 0 Å². The van der Waals surface area contributed by atoms with Crippen LogP contribution in [0, 0.1) is 13.8 Å². The van der Waals surface area contributed by atoms with Crippen LogP contribution in [0.3, 0.4) is 0 Å². The second kappa shape index (κ2) is 8.80. The smallest absolute Gasteiger partial charge is 0.243 e. The first-order valence-corrected chi connectivity index (χ1v) is 9.30. The number of nitrogens with zero attached hydrogens (tertiary/aromatic N) is 2. The van der Waals surface area contributed by atoms with Crippen molar-refractivity contribution in [1.82, 2.24) is 14.5 Å². The van der Waals surface area contributed by atoms with Gasteiger partial charge in [0.2, 0.25) is 15.9 Å². The van der Waals surface area contributed by atoms with Gasteiger partial charge in [-0.15, -0.1) is 12.4 Å². The van der Waals surface area contributed by atoms with Crippen LogP contribution in [0.15, 0.2) is 23.1 Å². The maximum absolute atomic E-state index is 12.8. The van der Waals surface area contributed by atoms with Gasteiger partial charge in [0, 0.05) is 39.1 Å². The zero-order chi connectivity index (χ0) is 17.0. The number of carbonyl (C=O) groups excluding carboxylic acids is 1. The van der Waals surface area contributed by atoms with Crippen LogP contribution in [0.5, 0.6) is 0 Å². The minimum Gasteiger partial charge on any atom is -0.340 e. The normalized spacial score (nSPS) is 15.9. The zero-order valence-corrected chi connectivity index (χ0v) is 16.0. The van der Waals surface area contributed by atoms with Crippen molar-refractivity contribution in [3.05, 3.63) is 29.3 Å². The first kappa shape index (κ1) is 20.9. The lowest BCUT2D eigenvalue weighted by atomic mass is 10.2. The molecule has 1 aromatic carbocycles. The number of aryl methyl sites for hydroxylation is 2. The zero-order valence-electron chi connectivity index (χ0n) is 14.4. The van der Waals surface area contributed by atoms with Crippen LogP contribution in [-0.2, 0) is 14.8 Å². The summed E-state index contributed by atoms with van der Waals surface area (Å²) in [6.07, 6.45) is 0.445. The van der Waals surface area contributed by atoms with E-state index in [1.807, 2.05) is 33.0 Å². The van der Waals surface area contributed by atoms with Gasteiger partial charge >= 0.3 is 0 Å². The third-order valence-corrected chi connectivity index (χ3v) is 6.18. The highest BCUT2D eigenvalue weighted by atomic mass is 35.5. The lowest BCUT2D eigenvalue weighted by Gasteiger charge is -2.34. The van der Waals surface area contributed by atoms with E-state index in [1.54, 1.807) is 11.0 Å². The maximum atomic E-state index is 12.8. The number of hydrogen-bond donors (Lipinski definition) is 1. The Kier molecular flexibility index (Phi) is 7.66. The van der Waals surface area contributed by atoms with Gasteiger partial charge in [0.05, 0.1) is 4.90 Å². The van der Waals surface area contributed by atoms with Crippen LogP contribution in [0.25, 0.3) is 0 Å². The van der Waals surface area contributed by atoms with Crippen molar-refractivity contribution >= 4 is 28.3 Å². The van der Waals surface area contributed by atoms with Crippen molar-refractivity contribution < 1.29 is 13.2 Å². The number of amides is 1. The van der Waals surface area contributed by atoms with Crippen molar-refractivity contribution in [2.24, 2.45) is 0 Å². The highest BCUT2D eigenvalue weighted by Crippen LogP contribution is 2.22. The molecule has 1 fully saturated rings. The van der Waals surface area contributed by atoms with Gasteiger partial charge in [0.15, 0.2) is 0 Å². The Morgan fingerprint density at radius 3 is 2.38 bits per heavy atom. The quantitative estimate of drug-likeness (QED) is 0.838. The number of sulfonamides is 1. The highest BCUT2D eigenvalue weighted by Gasteiger charge is 2.30. The van der Waals surface area contributed by atoms with Gasteiger partial charge in [0.25, 0.3) is 0 Å². The van der Waals surface area contributed by atoms with Crippen LogP contribution < -0.4 is 5.32 Å². The average Bonchev–Trinajstić information content (AvgIpc) is 2.54. The molecule has 1 heterocycles. The molecule has 1 aliphatic rings. The number of piperazine rings is 1. The number of rotatable bonds is 5. The number of carbonyl (C=O) groups is 1. The van der Waals surface area contributed by atoms with E-state index < -0.39 is 10.0 Å². The number of halogens is 1. The summed E-state index contributed by atoms with van der Waals surface area (Å²) >= 11 is 0. The summed E-state index contributed by atoms with van der Waals surface area (Å²) < 4.78 is 27.1. The molecule has 1 aromatic rings. The molecule has 0 radical (unpaired) electrons. The van der Waals surface area contributed by atoms with E-state index in [1.165, 1.54) is 4.31 Å². The molecule has 0 aromatic heterocycles. The number of benzene rings is 1. The lowest BCUT2D eigenvalue weighted by Crippen LogP contribution is -2.50. The molecular formula is C16H26ClN3O3S. The fraction of sp³-hybridized carbons (Fsp3) is 0.562. The standard InChI is InChI=1S/C16H25N3O3S.ClH/c1-13-4-5-14(2)15(12-13)23(21,22)19-10-8-18(9-11-19)16(20)6-7-17-3;/h4-5,12,17H,6-11H2,1-3H3;1H. The molecule has 24 heavy (non-hydrogen) atoms. The van der Waals surface area contributed by atoms with Crippen molar-refractivity contribution in [2.45, 2.75) is 25.2 Å². The molecule has 0 aliphatic carbocycles. The van der Waals surface area contributed by atoms with Gasteiger partial charge in [-0.05, 0) is 38.1 Å². The molecule has 0 unspecified atom stereocenters.